The van der Waals surface area contributed by atoms with E-state index < -0.39 is 24.0 Å². The molecule has 4 amide bonds. The van der Waals surface area contributed by atoms with Gasteiger partial charge in [0.2, 0.25) is 5.91 Å². The molecule has 0 radical (unpaired) electrons. The lowest BCUT2D eigenvalue weighted by atomic mass is 10.1. The van der Waals surface area contributed by atoms with E-state index in [2.05, 4.69) is 16.0 Å². The zero-order valence-electron chi connectivity index (χ0n) is 14.7. The van der Waals surface area contributed by atoms with Crippen molar-refractivity contribution in [2.45, 2.75) is 46.3 Å². The van der Waals surface area contributed by atoms with Crippen LogP contribution in [0.2, 0.25) is 0 Å². The number of rotatable bonds is 6. The molecule has 0 aliphatic rings. The van der Waals surface area contributed by atoms with Crippen molar-refractivity contribution in [1.82, 2.24) is 10.6 Å². The standard InChI is InChI=1S/C17H23N3O5/c1-10(2)18-17(24)20-16(23)11(3)25-15(22)9-13-5-7-14(8-6-13)19-12(4)21/h5-8,10-11H,9H2,1-4H3,(H,19,21)(H2,18,20,23,24)/t11-/m1/s1. The normalized spacial score (nSPS) is 11.4. The van der Waals surface area contributed by atoms with Crippen molar-refractivity contribution in [2.75, 3.05) is 5.32 Å². The van der Waals surface area contributed by atoms with Crippen molar-refractivity contribution in [3.8, 4) is 0 Å². The molecule has 136 valence electrons. The van der Waals surface area contributed by atoms with E-state index in [1.807, 2.05) is 0 Å². The third-order valence-corrected chi connectivity index (χ3v) is 2.96. The van der Waals surface area contributed by atoms with Gasteiger partial charge < -0.3 is 15.4 Å². The summed E-state index contributed by atoms with van der Waals surface area (Å²) in [5.41, 5.74) is 1.29. The number of carbonyl (C=O) groups excluding carboxylic acids is 4. The highest BCUT2D eigenvalue weighted by molar-refractivity contribution is 5.97. The lowest BCUT2D eigenvalue weighted by Crippen LogP contribution is -2.46. The molecule has 1 aromatic rings. The Morgan fingerprint density at radius 1 is 1.04 bits per heavy atom. The van der Waals surface area contributed by atoms with Gasteiger partial charge in [-0.15, -0.1) is 0 Å². The first-order chi connectivity index (χ1) is 11.7. The third-order valence-electron chi connectivity index (χ3n) is 2.96. The second-order valence-corrected chi connectivity index (χ2v) is 5.80. The molecule has 0 aromatic heterocycles. The molecule has 8 heteroatoms. The number of hydrogen-bond acceptors (Lipinski definition) is 5. The predicted octanol–water partition coefficient (Wildman–Crippen LogP) is 1.35. The Labute approximate surface area is 146 Å². The Bertz CT molecular complexity index is 640. The van der Waals surface area contributed by atoms with Crippen molar-refractivity contribution in [3.05, 3.63) is 29.8 Å². The molecule has 0 heterocycles. The van der Waals surface area contributed by atoms with E-state index in [9.17, 15) is 19.2 Å². The van der Waals surface area contributed by atoms with Crippen LogP contribution in [-0.2, 0) is 25.5 Å². The maximum atomic E-state index is 11.9. The van der Waals surface area contributed by atoms with Gasteiger partial charge in [-0.25, -0.2) is 4.79 Å². The van der Waals surface area contributed by atoms with Crippen LogP contribution in [0.25, 0.3) is 0 Å². The van der Waals surface area contributed by atoms with Gasteiger partial charge in [0.25, 0.3) is 5.91 Å². The van der Waals surface area contributed by atoms with Crippen molar-refractivity contribution in [1.29, 1.82) is 0 Å². The van der Waals surface area contributed by atoms with Crippen molar-refractivity contribution >= 4 is 29.5 Å². The fourth-order valence-corrected chi connectivity index (χ4v) is 1.88. The molecule has 1 atom stereocenters. The molecule has 0 saturated heterocycles. The molecular weight excluding hydrogens is 326 g/mol. The molecule has 0 fully saturated rings. The fourth-order valence-electron chi connectivity index (χ4n) is 1.88. The minimum absolute atomic E-state index is 0.0316. The average Bonchev–Trinajstić information content (AvgIpc) is 2.47. The molecule has 1 aromatic carbocycles. The maximum Gasteiger partial charge on any atom is 0.321 e. The molecule has 0 aliphatic carbocycles. The highest BCUT2D eigenvalue weighted by Gasteiger charge is 2.20. The molecule has 25 heavy (non-hydrogen) atoms. The first-order valence-corrected chi connectivity index (χ1v) is 7.84. The van der Waals surface area contributed by atoms with Gasteiger partial charge in [-0.3, -0.25) is 19.7 Å². The lowest BCUT2D eigenvalue weighted by molar-refractivity contribution is -0.153. The monoisotopic (exact) mass is 349 g/mol. The lowest BCUT2D eigenvalue weighted by Gasteiger charge is -2.14. The summed E-state index contributed by atoms with van der Waals surface area (Å²) in [6.45, 7) is 6.30. The number of benzene rings is 1. The average molecular weight is 349 g/mol. The van der Waals surface area contributed by atoms with Crippen LogP contribution < -0.4 is 16.0 Å². The summed E-state index contributed by atoms with van der Waals surface area (Å²) in [6, 6.07) is 5.91. The van der Waals surface area contributed by atoms with E-state index in [-0.39, 0.29) is 18.4 Å². The summed E-state index contributed by atoms with van der Waals surface area (Å²) in [4.78, 5) is 46.0. The highest BCUT2D eigenvalue weighted by Crippen LogP contribution is 2.10. The number of imide groups is 1. The number of amides is 4. The van der Waals surface area contributed by atoms with E-state index >= 15 is 0 Å². The maximum absolute atomic E-state index is 11.9. The van der Waals surface area contributed by atoms with Gasteiger partial charge >= 0.3 is 12.0 Å². The number of nitrogens with one attached hydrogen (secondary N) is 3. The Kier molecular flexibility index (Phi) is 7.58. The van der Waals surface area contributed by atoms with Crippen LogP contribution in [0.5, 0.6) is 0 Å². The van der Waals surface area contributed by atoms with E-state index in [1.54, 1.807) is 38.1 Å². The first-order valence-electron chi connectivity index (χ1n) is 7.84. The van der Waals surface area contributed by atoms with E-state index in [1.165, 1.54) is 13.8 Å². The third kappa shape index (κ3) is 7.96. The molecule has 8 nitrogen and oxygen atoms in total. The minimum atomic E-state index is -1.09. The summed E-state index contributed by atoms with van der Waals surface area (Å²) < 4.78 is 5.02. The fraction of sp³-hybridized carbons (Fsp3) is 0.412. The van der Waals surface area contributed by atoms with Gasteiger partial charge in [-0.2, -0.15) is 0 Å². The zero-order valence-corrected chi connectivity index (χ0v) is 14.7. The summed E-state index contributed by atoms with van der Waals surface area (Å²) >= 11 is 0. The predicted molar refractivity (Wildman–Crippen MR) is 91.8 cm³/mol. The Balaban J connectivity index is 2.48. The largest absolute Gasteiger partial charge is 0.452 e. The van der Waals surface area contributed by atoms with Crippen LogP contribution in [0, 0.1) is 0 Å². The van der Waals surface area contributed by atoms with Gasteiger partial charge in [0.1, 0.15) is 0 Å². The number of hydrogen-bond donors (Lipinski definition) is 3. The molecular formula is C17H23N3O5. The molecule has 0 bridgehead atoms. The second-order valence-electron chi connectivity index (χ2n) is 5.80. The smallest absolute Gasteiger partial charge is 0.321 e. The van der Waals surface area contributed by atoms with E-state index in [0.29, 0.717) is 11.3 Å². The van der Waals surface area contributed by atoms with Gasteiger partial charge in [-0.1, -0.05) is 12.1 Å². The molecule has 3 N–H and O–H groups in total. The Morgan fingerprint density at radius 3 is 2.16 bits per heavy atom. The first kappa shape index (κ1) is 20.1. The van der Waals surface area contributed by atoms with Crippen LogP contribution >= 0.6 is 0 Å². The summed E-state index contributed by atoms with van der Waals surface area (Å²) in [5, 5.41) is 7.22. The number of carbonyl (C=O) groups is 4. The van der Waals surface area contributed by atoms with Crippen LogP contribution in [0.15, 0.2) is 24.3 Å². The van der Waals surface area contributed by atoms with Crippen molar-refractivity contribution < 1.29 is 23.9 Å². The Hall–Kier alpha value is -2.90. The van der Waals surface area contributed by atoms with Crippen molar-refractivity contribution in [3.63, 3.8) is 0 Å². The van der Waals surface area contributed by atoms with Gasteiger partial charge in [-0.05, 0) is 38.5 Å². The van der Waals surface area contributed by atoms with Gasteiger partial charge in [0, 0.05) is 18.7 Å². The summed E-state index contributed by atoms with van der Waals surface area (Å²) in [5.74, 6) is -1.49. The van der Waals surface area contributed by atoms with Gasteiger partial charge in [0.15, 0.2) is 6.10 Å². The molecule has 0 aliphatic heterocycles. The van der Waals surface area contributed by atoms with E-state index in [0.717, 1.165) is 0 Å². The SMILES string of the molecule is CC(=O)Nc1ccc(CC(=O)O[C@H](C)C(=O)NC(=O)NC(C)C)cc1. The van der Waals surface area contributed by atoms with Crippen LogP contribution in [0.1, 0.15) is 33.3 Å². The zero-order chi connectivity index (χ0) is 19.0. The number of ether oxygens (including phenoxy) is 1. The number of urea groups is 1. The molecule has 0 unspecified atom stereocenters. The topological polar surface area (TPSA) is 114 Å². The van der Waals surface area contributed by atoms with Crippen molar-refractivity contribution in [2.24, 2.45) is 0 Å². The second kappa shape index (κ2) is 9.41. The number of anilines is 1. The molecule has 0 spiro atoms. The van der Waals surface area contributed by atoms with Crippen LogP contribution in [0.4, 0.5) is 10.5 Å². The minimum Gasteiger partial charge on any atom is -0.452 e. The van der Waals surface area contributed by atoms with Crippen LogP contribution in [-0.4, -0.2) is 36.0 Å². The quantitative estimate of drug-likeness (QED) is 0.671. The summed E-state index contributed by atoms with van der Waals surface area (Å²) in [7, 11) is 0. The molecule has 0 saturated carbocycles. The Morgan fingerprint density at radius 2 is 1.64 bits per heavy atom. The number of esters is 1. The van der Waals surface area contributed by atoms with Crippen LogP contribution in [0.3, 0.4) is 0 Å². The highest BCUT2D eigenvalue weighted by atomic mass is 16.5. The van der Waals surface area contributed by atoms with Gasteiger partial charge in [0.05, 0.1) is 6.42 Å². The van der Waals surface area contributed by atoms with E-state index in [4.69, 9.17) is 4.74 Å². The molecule has 1 rings (SSSR count). The summed E-state index contributed by atoms with van der Waals surface area (Å²) in [6.07, 6.45) is -1.13.